The molecule has 6 heterocycles. The quantitative estimate of drug-likeness (QED) is 0.0131. The number of H-pyrrole nitrogens is 3. The Morgan fingerprint density at radius 1 is 0.452 bits per heavy atom. The predicted molar refractivity (Wildman–Crippen MR) is 486 cm³/mol. The molecule has 7 rings (SSSR count). The van der Waals surface area contributed by atoms with Gasteiger partial charge >= 0.3 is 29.6 Å². The number of carbonyl (C=O) groups is 3. The molecule has 1 fully saturated rings. The first-order valence-corrected chi connectivity index (χ1v) is 41.4. The van der Waals surface area contributed by atoms with E-state index in [1.807, 2.05) is 157 Å². The van der Waals surface area contributed by atoms with Gasteiger partial charge in [0.2, 0.25) is 23.2 Å². The van der Waals surface area contributed by atoms with Crippen molar-refractivity contribution in [3.05, 3.63) is 186 Å². The molecule has 0 aromatic carbocycles. The minimum atomic E-state index is -0.572. The number of amides is 1. The van der Waals surface area contributed by atoms with E-state index in [1.165, 1.54) is 51.7 Å². The SMILES string of the molecule is C.C1CCCCC1.CC(C)C(=O)CC(=O)C(C)C.CC(C)c1[nH]c(=O)c(C#N)c(C(C)C)c1[N+](=O)[O-].CC(C)c1cc(=O)[nH]c(C(C)C)c1[N+](=O)[O-].CC(C)c1cc(C(C)C)c(C#N)c(=O)[nH]1.CC(C)c1cc(Cl)nc(C(C)C)c1[N+](=O)[O-].COc1cc(C(C)C)c(N)c(C(C)C)n1.COc1cc(C(C)C)c([N+](=O)[O-])c(C(C)C)n1.C[O-].N#CCC(N)=O.[Na+]. The molecule has 0 radical (unpaired) electrons. The minimum absolute atomic E-state index is 0. The van der Waals surface area contributed by atoms with Gasteiger partial charge in [-0.2, -0.15) is 22.9 Å². The summed E-state index contributed by atoms with van der Waals surface area (Å²) >= 11 is 5.88. The van der Waals surface area contributed by atoms with Crippen molar-refractivity contribution in [3.8, 4) is 30.0 Å². The molecule has 34 heteroatoms. The van der Waals surface area contributed by atoms with Gasteiger partial charge in [-0.1, -0.05) is 251 Å². The Morgan fingerprint density at radius 2 is 0.790 bits per heavy atom. The number of primary amides is 1. The molecule has 0 atom stereocenters. The van der Waals surface area contributed by atoms with Gasteiger partial charge in [-0.05, 0) is 70.6 Å². The number of hydrogen-bond acceptors (Lipinski definition) is 24. The number of halogens is 1. The van der Waals surface area contributed by atoms with Crippen LogP contribution in [0.2, 0.25) is 5.15 Å². The second-order valence-electron chi connectivity index (χ2n) is 33.0. The zero-order chi connectivity index (χ0) is 95.5. The summed E-state index contributed by atoms with van der Waals surface area (Å²) < 4.78 is 10.3. The average Bonchev–Trinajstić information content (AvgIpc) is 0.787. The molecule has 7 N–H and O–H groups in total. The molecule has 684 valence electrons. The van der Waals surface area contributed by atoms with Crippen LogP contribution in [0.4, 0.5) is 28.4 Å². The van der Waals surface area contributed by atoms with Crippen molar-refractivity contribution >= 4 is 57.5 Å². The smallest absolute Gasteiger partial charge is 0.857 e. The Balaban J connectivity index is -0.000000432. The minimum Gasteiger partial charge on any atom is -0.857 e. The number of ketones is 2. The molecule has 1 amide bonds. The van der Waals surface area contributed by atoms with Gasteiger partial charge in [-0.15, -0.1) is 0 Å². The zero-order valence-corrected chi connectivity index (χ0v) is 81.3. The Hall–Kier alpha value is -10.2. The molecule has 1 saturated carbocycles. The summed E-state index contributed by atoms with van der Waals surface area (Å²) in [6, 6.07) is 13.7. The van der Waals surface area contributed by atoms with E-state index in [1.54, 1.807) is 59.1 Å². The third kappa shape index (κ3) is 41.1. The van der Waals surface area contributed by atoms with Crippen LogP contribution in [-0.2, 0) is 14.4 Å². The standard InChI is InChI=1S/C12H15N3O3.C12H18N2O3.C12H20N2O.C12H16N2O.C11H15ClN2O2.C11H16N2O3.C9H16O2.C6H12.C3H4N2O.CH3O.CH4.Na/c1-6(2)9-8(5-13)12(16)14-10(7(3)4)11(9)15(17)18;1-7(2)9-6-10(17-5)13-11(8(3)4)12(9)14(15)16;1-7(2)9-6-10(15-5)14-12(8(3)4)11(9)13;1-7(2)9-5-11(8(3)4)14-12(15)10(9)6-13;1-6(2)8-5-9(12)13-10(7(3)4)11(8)14(15)16;1-6(2)8-5-9(14)12-10(7(3)4)11(8)13(15)16;1-6(2)8(10)5-9(11)7(3)4;1-2-4-6-5-3-1;4-2-1-3(5)6;1-2;;/h6-7H,1-4H3,(H,14,16);6-8H,1-5H3;6-8H,13H2,1-5H3;5,7-8H,1-4H3,(H,14,15);5-7H,1-4H3;5-7H,1-4H3,(H,12,14);6-7H,5H2,1-4H3;1-6H2;1H2,(H2,5,6);1H3;1H4;/q;;;;;;;;;-1;;+1. The van der Waals surface area contributed by atoms with Crippen molar-refractivity contribution in [2.75, 3.05) is 27.1 Å². The molecule has 32 nitrogen and oxygen atoms in total. The van der Waals surface area contributed by atoms with Crippen LogP contribution < -0.4 is 72.3 Å². The molecular formula is C90H139ClN15NaO17. The Morgan fingerprint density at radius 3 is 1.09 bits per heavy atom. The molecule has 0 aliphatic heterocycles. The van der Waals surface area contributed by atoms with Gasteiger partial charge in [0.05, 0.1) is 74.7 Å². The van der Waals surface area contributed by atoms with Gasteiger partial charge in [0.1, 0.15) is 57.8 Å². The number of aromatic amines is 3. The number of Topliss-reactive ketones (excluding diaryl/α,β-unsaturated/α-hetero) is 2. The van der Waals surface area contributed by atoms with Crippen LogP contribution >= 0.6 is 11.6 Å². The number of ether oxygens (including phenoxy) is 2. The van der Waals surface area contributed by atoms with E-state index in [9.17, 15) is 69.2 Å². The van der Waals surface area contributed by atoms with Crippen molar-refractivity contribution < 1.29 is 78.2 Å². The molecule has 6 aromatic rings. The van der Waals surface area contributed by atoms with E-state index in [2.05, 4.69) is 63.3 Å². The second-order valence-corrected chi connectivity index (χ2v) is 33.4. The summed E-state index contributed by atoms with van der Waals surface area (Å²) in [5.41, 5.74) is 18.0. The largest absolute Gasteiger partial charge is 1.00 e. The van der Waals surface area contributed by atoms with E-state index in [0.717, 1.165) is 35.3 Å². The number of nitriles is 3. The van der Waals surface area contributed by atoms with Gasteiger partial charge < -0.3 is 41.0 Å². The summed E-state index contributed by atoms with van der Waals surface area (Å²) in [5, 5.41) is 78.7. The van der Waals surface area contributed by atoms with Crippen molar-refractivity contribution in [1.82, 2.24) is 29.9 Å². The number of aromatic nitrogens is 6. The fraction of sp³-hybridized carbons (Fsp3) is 0.600. The number of pyridine rings is 6. The molecule has 6 aromatic heterocycles. The van der Waals surface area contributed by atoms with Crippen LogP contribution in [0.1, 0.15) is 402 Å². The molecule has 1 aliphatic carbocycles. The Labute approximate surface area is 760 Å². The number of nitro groups is 4. The number of carbonyl (C=O) groups excluding carboxylic acids is 3. The van der Waals surface area contributed by atoms with Crippen LogP contribution in [0.5, 0.6) is 11.8 Å². The maximum atomic E-state index is 11.8. The van der Waals surface area contributed by atoms with Crippen molar-refractivity contribution in [1.29, 1.82) is 15.8 Å². The zero-order valence-electron chi connectivity index (χ0n) is 78.6. The van der Waals surface area contributed by atoms with Gasteiger partial charge in [-0.25, -0.2) is 15.0 Å². The van der Waals surface area contributed by atoms with Crippen LogP contribution in [-0.4, -0.2) is 88.4 Å². The molecular weight excluding hydrogens is 1620 g/mol. The van der Waals surface area contributed by atoms with Gasteiger partial charge in [-0.3, -0.25) is 69.2 Å². The summed E-state index contributed by atoms with van der Waals surface area (Å²) in [7, 11) is 3.90. The normalized spacial score (nSPS) is 11.1. The number of nitrogen functional groups attached to an aromatic ring is 1. The maximum absolute atomic E-state index is 11.8. The summed E-state index contributed by atoms with van der Waals surface area (Å²) in [5.74, 6) is 1.25. The van der Waals surface area contributed by atoms with E-state index in [-0.39, 0.29) is 199 Å². The van der Waals surface area contributed by atoms with E-state index >= 15 is 0 Å². The summed E-state index contributed by atoms with van der Waals surface area (Å²) in [6.07, 6.45) is 8.93. The van der Waals surface area contributed by atoms with Gasteiger partial charge in [0.15, 0.2) is 0 Å². The number of nitrogens with two attached hydrogens (primary N) is 2. The number of nitrogens with one attached hydrogen (secondary N) is 3. The second kappa shape index (κ2) is 61.2. The van der Waals surface area contributed by atoms with Crippen LogP contribution in [0, 0.1) is 86.3 Å². The number of hydrogen-bond donors (Lipinski definition) is 5. The first-order chi connectivity index (χ1) is 56.5. The molecule has 1 aliphatic rings. The fourth-order valence-corrected chi connectivity index (χ4v) is 11.9. The van der Waals surface area contributed by atoms with E-state index in [0.29, 0.717) is 62.5 Å². The molecule has 0 bridgehead atoms. The third-order valence-corrected chi connectivity index (χ3v) is 18.6. The monoisotopic (exact) mass is 1760 g/mol. The van der Waals surface area contributed by atoms with Crippen molar-refractivity contribution in [3.63, 3.8) is 0 Å². The first-order valence-electron chi connectivity index (χ1n) is 41.0. The molecule has 0 unspecified atom stereocenters. The number of methoxy groups -OCH3 is 2. The van der Waals surface area contributed by atoms with Crippen LogP contribution in [0.15, 0.2) is 44.7 Å². The van der Waals surface area contributed by atoms with Crippen LogP contribution in [0.3, 0.4) is 0 Å². The maximum Gasteiger partial charge on any atom is 1.00 e. The van der Waals surface area contributed by atoms with E-state index < -0.39 is 21.3 Å². The number of nitrogens with zero attached hydrogens (tertiary/aromatic N) is 10. The molecule has 0 saturated heterocycles. The fourth-order valence-electron chi connectivity index (χ4n) is 11.7. The van der Waals surface area contributed by atoms with Crippen molar-refractivity contribution in [2.24, 2.45) is 17.6 Å². The van der Waals surface area contributed by atoms with Crippen LogP contribution in [0.25, 0.3) is 0 Å². The average molecular weight is 1760 g/mol. The summed E-state index contributed by atoms with van der Waals surface area (Å²) in [6.45, 7) is 53.1. The predicted octanol–water partition coefficient (Wildman–Crippen LogP) is 17.6. The van der Waals surface area contributed by atoms with Gasteiger partial charge in [0, 0.05) is 76.1 Å². The van der Waals surface area contributed by atoms with Crippen molar-refractivity contribution in [2.45, 2.75) is 324 Å². The summed E-state index contributed by atoms with van der Waals surface area (Å²) in [4.78, 5) is 130. The first kappa shape index (κ1) is 122. The molecule has 124 heavy (non-hydrogen) atoms. The third-order valence-electron chi connectivity index (χ3n) is 18.4. The van der Waals surface area contributed by atoms with E-state index in [4.69, 9.17) is 47.7 Å². The Kier molecular flexibility index (Phi) is 60.4. The topological polar surface area (TPSA) is 526 Å². The van der Waals surface area contributed by atoms with Gasteiger partial charge in [0.25, 0.3) is 33.9 Å². The number of anilines is 1. The Bertz CT molecular complexity index is 4580. The number of rotatable bonds is 23. The molecule has 0 spiro atoms.